The number of carbonyl (C=O) groups is 1. The summed E-state index contributed by atoms with van der Waals surface area (Å²) in [5.41, 5.74) is 4.50. The van der Waals surface area contributed by atoms with Crippen molar-refractivity contribution in [2.45, 2.75) is 19.8 Å². The second-order valence-corrected chi connectivity index (χ2v) is 8.71. The van der Waals surface area contributed by atoms with Gasteiger partial charge in [-0.1, -0.05) is 6.07 Å². The number of anilines is 2. The van der Waals surface area contributed by atoms with Crippen LogP contribution in [0.5, 0.6) is 0 Å². The van der Waals surface area contributed by atoms with Crippen LogP contribution < -0.4 is 10.6 Å². The molecule has 0 atom stereocenters. The van der Waals surface area contributed by atoms with E-state index >= 15 is 0 Å². The van der Waals surface area contributed by atoms with Crippen LogP contribution in [0.2, 0.25) is 0 Å². The first-order valence-corrected chi connectivity index (χ1v) is 11.0. The number of rotatable bonds is 5. The molecule has 1 aromatic carbocycles. The lowest BCUT2D eigenvalue weighted by molar-refractivity contribution is 0.262. The summed E-state index contributed by atoms with van der Waals surface area (Å²) in [7, 11) is 0. The number of aromatic nitrogens is 5. The summed E-state index contributed by atoms with van der Waals surface area (Å²) >= 11 is 3.11. The van der Waals surface area contributed by atoms with E-state index in [1.807, 2.05) is 18.2 Å². The summed E-state index contributed by atoms with van der Waals surface area (Å²) in [4.78, 5) is 34.9. The van der Waals surface area contributed by atoms with Crippen LogP contribution in [0.3, 0.4) is 0 Å². The molecule has 4 aromatic heterocycles. The Morgan fingerprint density at radius 3 is 3.00 bits per heavy atom. The van der Waals surface area contributed by atoms with Gasteiger partial charge < -0.3 is 10.3 Å². The average molecular weight is 436 g/mol. The Morgan fingerprint density at radius 2 is 2.07 bits per heavy atom. The molecule has 150 valence electrons. The van der Waals surface area contributed by atoms with Crippen molar-refractivity contribution in [1.82, 2.24) is 24.9 Å². The molecule has 0 fully saturated rings. The van der Waals surface area contributed by atoms with Crippen LogP contribution in [-0.4, -0.2) is 31.0 Å². The number of nitrogens with zero attached hydrogens (tertiary/aromatic N) is 4. The van der Waals surface area contributed by atoms with E-state index in [1.165, 1.54) is 16.9 Å². The molecular formula is C20H17N7OS2. The van der Waals surface area contributed by atoms with Gasteiger partial charge in [0.15, 0.2) is 5.13 Å². The summed E-state index contributed by atoms with van der Waals surface area (Å²) in [6, 6.07) is 5.21. The van der Waals surface area contributed by atoms with Crippen molar-refractivity contribution in [1.29, 1.82) is 0 Å². The Balaban J connectivity index is 1.24. The van der Waals surface area contributed by atoms with Gasteiger partial charge in [0.05, 0.1) is 28.7 Å². The van der Waals surface area contributed by atoms with Crippen molar-refractivity contribution in [3.8, 4) is 0 Å². The lowest BCUT2D eigenvalue weighted by Crippen LogP contribution is -2.19. The number of fused-ring (bicyclic) bond motifs is 2. The summed E-state index contributed by atoms with van der Waals surface area (Å²) in [6.07, 6.45) is 6.62. The molecule has 0 spiro atoms. The predicted molar refractivity (Wildman–Crippen MR) is 120 cm³/mol. The minimum atomic E-state index is -0.343. The highest BCUT2D eigenvalue weighted by Gasteiger charge is 2.12. The zero-order chi connectivity index (χ0) is 20.5. The van der Waals surface area contributed by atoms with E-state index in [2.05, 4.69) is 47.9 Å². The van der Waals surface area contributed by atoms with Crippen molar-refractivity contribution in [3.63, 3.8) is 0 Å². The second-order valence-electron chi connectivity index (χ2n) is 6.73. The number of para-hydroxylation sites is 1. The van der Waals surface area contributed by atoms with Gasteiger partial charge in [0.25, 0.3) is 0 Å². The highest BCUT2D eigenvalue weighted by Crippen LogP contribution is 2.27. The van der Waals surface area contributed by atoms with Crippen LogP contribution >= 0.6 is 22.7 Å². The van der Waals surface area contributed by atoms with Gasteiger partial charge in [0, 0.05) is 16.5 Å². The Labute approximate surface area is 179 Å². The topological polar surface area (TPSA) is 108 Å². The van der Waals surface area contributed by atoms with Gasteiger partial charge in [0.1, 0.15) is 11.2 Å². The SMILES string of the molecule is Cc1csc2ncnc(CCc3cnc(NC(=O)Nc4cccc5nc[nH]c45)s3)c12. The minimum absolute atomic E-state index is 0.343. The van der Waals surface area contributed by atoms with Crippen molar-refractivity contribution < 1.29 is 4.79 Å². The fraction of sp³-hybridized carbons (Fsp3) is 0.150. The molecule has 10 heteroatoms. The van der Waals surface area contributed by atoms with E-state index in [4.69, 9.17) is 0 Å². The molecule has 30 heavy (non-hydrogen) atoms. The average Bonchev–Trinajstić information content (AvgIpc) is 3.47. The standard InChI is InChI=1S/C20H17N7OS2/c1-11-8-29-18-16(11)13(22-10-25-18)6-5-12-7-21-20(30-12)27-19(28)26-15-4-2-3-14-17(15)24-9-23-14/h2-4,7-10H,5-6H2,1H3,(H,23,24)(H2,21,26,27,28). The number of thiazole rings is 1. The van der Waals surface area contributed by atoms with E-state index in [0.29, 0.717) is 10.8 Å². The third-order valence-electron chi connectivity index (χ3n) is 4.72. The molecule has 5 rings (SSSR count). The zero-order valence-corrected chi connectivity index (χ0v) is 17.6. The lowest BCUT2D eigenvalue weighted by Gasteiger charge is -2.06. The fourth-order valence-electron chi connectivity index (χ4n) is 3.32. The number of aryl methyl sites for hydroxylation is 3. The van der Waals surface area contributed by atoms with Crippen molar-refractivity contribution >= 4 is 60.8 Å². The molecule has 0 aliphatic rings. The van der Waals surface area contributed by atoms with Crippen molar-refractivity contribution in [2.24, 2.45) is 0 Å². The lowest BCUT2D eigenvalue weighted by atomic mass is 10.1. The van der Waals surface area contributed by atoms with E-state index < -0.39 is 0 Å². The van der Waals surface area contributed by atoms with Gasteiger partial charge in [-0.25, -0.2) is 24.7 Å². The van der Waals surface area contributed by atoms with Crippen LogP contribution in [-0.2, 0) is 12.8 Å². The number of imidazole rings is 1. The van der Waals surface area contributed by atoms with Crippen LogP contribution in [0.15, 0.2) is 42.4 Å². The molecule has 0 radical (unpaired) electrons. The van der Waals surface area contributed by atoms with Crippen LogP contribution in [0.4, 0.5) is 15.6 Å². The highest BCUT2D eigenvalue weighted by atomic mass is 32.1. The van der Waals surface area contributed by atoms with Gasteiger partial charge in [-0.05, 0) is 42.8 Å². The molecular weight excluding hydrogens is 418 g/mol. The first-order chi connectivity index (χ1) is 14.7. The number of carbonyl (C=O) groups excluding carboxylic acids is 1. The summed E-state index contributed by atoms with van der Waals surface area (Å²) < 4.78 is 0. The summed E-state index contributed by atoms with van der Waals surface area (Å²) in [5, 5.41) is 9.46. The maximum absolute atomic E-state index is 12.4. The van der Waals surface area contributed by atoms with Crippen LogP contribution in [0.1, 0.15) is 16.1 Å². The number of benzene rings is 1. The number of hydrogen-bond donors (Lipinski definition) is 3. The highest BCUT2D eigenvalue weighted by molar-refractivity contribution is 7.17. The maximum Gasteiger partial charge on any atom is 0.325 e. The Hall–Kier alpha value is -3.37. The predicted octanol–water partition coefficient (Wildman–Crippen LogP) is 4.76. The molecule has 0 saturated carbocycles. The van der Waals surface area contributed by atoms with Crippen LogP contribution in [0.25, 0.3) is 21.3 Å². The summed E-state index contributed by atoms with van der Waals surface area (Å²) in [5.74, 6) is 0. The Morgan fingerprint density at radius 1 is 1.13 bits per heavy atom. The molecule has 0 aliphatic carbocycles. The maximum atomic E-state index is 12.4. The molecule has 8 nitrogen and oxygen atoms in total. The van der Waals surface area contributed by atoms with Crippen LogP contribution in [0, 0.1) is 6.92 Å². The molecule has 0 saturated heterocycles. The molecule has 0 bridgehead atoms. The number of nitrogens with one attached hydrogen (secondary N) is 3. The normalized spacial score (nSPS) is 11.2. The molecule has 4 heterocycles. The minimum Gasteiger partial charge on any atom is -0.343 e. The third-order valence-corrected chi connectivity index (χ3v) is 6.69. The van der Waals surface area contributed by atoms with E-state index in [-0.39, 0.29) is 6.03 Å². The number of amides is 2. The number of thiophene rings is 1. The van der Waals surface area contributed by atoms with E-state index in [0.717, 1.165) is 44.7 Å². The van der Waals surface area contributed by atoms with Gasteiger partial charge in [-0.3, -0.25) is 5.32 Å². The number of H-pyrrole nitrogens is 1. The number of urea groups is 1. The van der Waals surface area contributed by atoms with E-state index in [9.17, 15) is 4.79 Å². The fourth-order valence-corrected chi connectivity index (χ4v) is 5.04. The number of hydrogen-bond acceptors (Lipinski definition) is 7. The number of aromatic amines is 1. The van der Waals surface area contributed by atoms with E-state index in [1.54, 1.807) is 30.2 Å². The van der Waals surface area contributed by atoms with Crippen molar-refractivity contribution in [3.05, 3.63) is 58.6 Å². The smallest absolute Gasteiger partial charge is 0.325 e. The van der Waals surface area contributed by atoms with Gasteiger partial charge in [-0.15, -0.1) is 22.7 Å². The quantitative estimate of drug-likeness (QED) is 0.369. The zero-order valence-electron chi connectivity index (χ0n) is 16.0. The second kappa shape index (κ2) is 7.81. The first kappa shape index (κ1) is 18.6. The van der Waals surface area contributed by atoms with Gasteiger partial charge in [-0.2, -0.15) is 0 Å². The third kappa shape index (κ3) is 3.62. The van der Waals surface area contributed by atoms with Crippen molar-refractivity contribution in [2.75, 3.05) is 10.6 Å². The Bertz CT molecular complexity index is 1350. The molecule has 3 N–H and O–H groups in total. The van der Waals surface area contributed by atoms with Gasteiger partial charge in [0.2, 0.25) is 0 Å². The molecule has 0 unspecified atom stereocenters. The molecule has 0 aliphatic heterocycles. The van der Waals surface area contributed by atoms with Gasteiger partial charge >= 0.3 is 6.03 Å². The molecule has 2 amide bonds. The first-order valence-electron chi connectivity index (χ1n) is 9.30. The monoisotopic (exact) mass is 435 g/mol. The molecule has 5 aromatic rings. The largest absolute Gasteiger partial charge is 0.343 e. The Kier molecular flexibility index (Phi) is 4.85. The summed E-state index contributed by atoms with van der Waals surface area (Å²) in [6.45, 7) is 2.09.